The third kappa shape index (κ3) is 2.18. The average Bonchev–Trinajstić information content (AvgIpc) is 2.86. The van der Waals surface area contributed by atoms with Crippen molar-refractivity contribution in [1.82, 2.24) is 9.97 Å². The van der Waals surface area contributed by atoms with Gasteiger partial charge in [0.15, 0.2) is 0 Å². The molecule has 1 atom stereocenters. The monoisotopic (exact) mass is 235 g/mol. The Bertz CT molecular complexity index is 458. The van der Waals surface area contributed by atoms with Crippen molar-refractivity contribution in [1.29, 1.82) is 0 Å². The Morgan fingerprint density at radius 2 is 2.38 bits per heavy atom. The third-order valence-electron chi connectivity index (χ3n) is 2.65. The first-order chi connectivity index (χ1) is 7.72. The van der Waals surface area contributed by atoms with Gasteiger partial charge in [-0.3, -0.25) is 0 Å². The molecule has 0 amide bonds. The van der Waals surface area contributed by atoms with Crippen LogP contribution >= 0.6 is 11.3 Å². The number of hydrogen-bond acceptors (Lipinski definition) is 3. The van der Waals surface area contributed by atoms with Gasteiger partial charge < -0.3 is 10.7 Å². The van der Waals surface area contributed by atoms with Crippen LogP contribution in [0, 0.1) is 6.92 Å². The molecule has 0 saturated carbocycles. The maximum atomic E-state index is 6.02. The molecule has 0 spiro atoms. The van der Waals surface area contributed by atoms with Crippen LogP contribution in [0.15, 0.2) is 17.6 Å². The summed E-state index contributed by atoms with van der Waals surface area (Å²) in [7, 11) is 0. The minimum Gasteiger partial charge on any atom is -0.340 e. The maximum absolute atomic E-state index is 6.02. The van der Waals surface area contributed by atoms with Crippen molar-refractivity contribution >= 4 is 11.3 Å². The van der Waals surface area contributed by atoms with Gasteiger partial charge in [-0.15, -0.1) is 11.3 Å². The Labute approximate surface area is 99.7 Å². The molecular formula is C12H17N3S. The summed E-state index contributed by atoms with van der Waals surface area (Å²) in [5.74, 6) is 0.893. The molecule has 0 aliphatic carbocycles. The van der Waals surface area contributed by atoms with Crippen molar-refractivity contribution in [2.75, 3.05) is 0 Å². The topological polar surface area (TPSA) is 54.7 Å². The number of rotatable bonds is 4. The zero-order valence-corrected chi connectivity index (χ0v) is 10.5. The lowest BCUT2D eigenvalue weighted by molar-refractivity contribution is 0.609. The maximum Gasteiger partial charge on any atom is 0.123 e. The molecule has 0 radical (unpaired) electrons. The van der Waals surface area contributed by atoms with Gasteiger partial charge in [-0.25, -0.2) is 4.98 Å². The van der Waals surface area contributed by atoms with Crippen LogP contribution in [0.5, 0.6) is 0 Å². The number of imidazole rings is 1. The number of aromatic amines is 1. The highest BCUT2D eigenvalue weighted by Crippen LogP contribution is 2.28. The molecule has 0 aliphatic rings. The molecular weight excluding hydrogens is 218 g/mol. The highest BCUT2D eigenvalue weighted by atomic mass is 32.1. The largest absolute Gasteiger partial charge is 0.340 e. The van der Waals surface area contributed by atoms with Crippen molar-refractivity contribution in [2.24, 2.45) is 5.73 Å². The molecule has 16 heavy (non-hydrogen) atoms. The van der Waals surface area contributed by atoms with Crippen molar-refractivity contribution in [3.8, 4) is 10.6 Å². The van der Waals surface area contributed by atoms with Gasteiger partial charge in [0.05, 0.1) is 22.8 Å². The number of aromatic nitrogens is 2. The highest BCUT2D eigenvalue weighted by molar-refractivity contribution is 7.13. The van der Waals surface area contributed by atoms with E-state index in [-0.39, 0.29) is 6.04 Å². The summed E-state index contributed by atoms with van der Waals surface area (Å²) in [6, 6.07) is 2.14. The second kappa shape index (κ2) is 4.80. The van der Waals surface area contributed by atoms with Crippen LogP contribution in [-0.4, -0.2) is 9.97 Å². The van der Waals surface area contributed by atoms with Gasteiger partial charge in [0.1, 0.15) is 5.82 Å². The van der Waals surface area contributed by atoms with E-state index in [9.17, 15) is 0 Å². The Balaban J connectivity index is 2.23. The summed E-state index contributed by atoms with van der Waals surface area (Å²) < 4.78 is 0. The van der Waals surface area contributed by atoms with Gasteiger partial charge in [0.25, 0.3) is 0 Å². The van der Waals surface area contributed by atoms with E-state index in [2.05, 4.69) is 35.3 Å². The van der Waals surface area contributed by atoms with E-state index >= 15 is 0 Å². The normalized spacial score (nSPS) is 12.9. The Kier molecular flexibility index (Phi) is 3.41. The van der Waals surface area contributed by atoms with E-state index in [1.165, 1.54) is 10.4 Å². The average molecular weight is 235 g/mol. The van der Waals surface area contributed by atoms with Crippen LogP contribution in [-0.2, 0) is 0 Å². The van der Waals surface area contributed by atoms with E-state index in [4.69, 9.17) is 5.73 Å². The minimum atomic E-state index is 0.0269. The summed E-state index contributed by atoms with van der Waals surface area (Å²) in [6.07, 6.45) is 3.93. The van der Waals surface area contributed by atoms with Crippen molar-refractivity contribution in [3.05, 3.63) is 29.0 Å². The van der Waals surface area contributed by atoms with Crippen molar-refractivity contribution in [3.63, 3.8) is 0 Å². The minimum absolute atomic E-state index is 0.0269. The first-order valence-electron chi connectivity index (χ1n) is 5.57. The van der Waals surface area contributed by atoms with Crippen LogP contribution in [0.1, 0.15) is 37.2 Å². The van der Waals surface area contributed by atoms with Crippen LogP contribution in [0.25, 0.3) is 10.6 Å². The summed E-state index contributed by atoms with van der Waals surface area (Å²) in [6.45, 7) is 4.24. The Hall–Kier alpha value is -1.13. The standard InChI is InChI=1S/C12H17N3S/c1-3-4-9(13)12-14-7-10(15-12)11-8(2)5-6-16-11/h5-7,9H,3-4,13H2,1-2H3,(H,14,15). The molecule has 0 aliphatic heterocycles. The van der Waals surface area contributed by atoms with Gasteiger partial charge in [-0.05, 0) is 30.4 Å². The molecule has 86 valence electrons. The van der Waals surface area contributed by atoms with Crippen molar-refractivity contribution < 1.29 is 0 Å². The fourth-order valence-corrected chi connectivity index (χ4v) is 2.63. The quantitative estimate of drug-likeness (QED) is 0.854. The molecule has 2 rings (SSSR count). The lowest BCUT2D eigenvalue weighted by atomic mass is 10.2. The molecule has 3 N–H and O–H groups in total. The third-order valence-corrected chi connectivity index (χ3v) is 3.70. The molecule has 0 aromatic carbocycles. The second-order valence-electron chi connectivity index (χ2n) is 4.01. The molecule has 2 heterocycles. The molecule has 1 unspecified atom stereocenters. The molecule has 0 saturated heterocycles. The van der Waals surface area contributed by atoms with Gasteiger partial charge in [-0.2, -0.15) is 0 Å². The number of nitrogens with two attached hydrogens (primary N) is 1. The Morgan fingerprint density at radius 1 is 1.56 bits per heavy atom. The lowest BCUT2D eigenvalue weighted by Crippen LogP contribution is -2.11. The van der Waals surface area contributed by atoms with E-state index < -0.39 is 0 Å². The van der Waals surface area contributed by atoms with Crippen LogP contribution < -0.4 is 5.73 Å². The molecule has 0 bridgehead atoms. The number of nitrogens with zero attached hydrogens (tertiary/aromatic N) is 1. The predicted molar refractivity (Wildman–Crippen MR) is 68.5 cm³/mol. The first kappa shape index (κ1) is 11.4. The number of aryl methyl sites for hydroxylation is 1. The second-order valence-corrected chi connectivity index (χ2v) is 4.93. The summed E-state index contributed by atoms with van der Waals surface area (Å²) in [4.78, 5) is 8.93. The number of hydrogen-bond donors (Lipinski definition) is 2. The number of nitrogens with one attached hydrogen (secondary N) is 1. The van der Waals surface area contributed by atoms with E-state index in [1.54, 1.807) is 11.3 Å². The number of H-pyrrole nitrogens is 1. The van der Waals surface area contributed by atoms with Gasteiger partial charge in [0.2, 0.25) is 0 Å². The van der Waals surface area contributed by atoms with Crippen LogP contribution in [0.4, 0.5) is 0 Å². The molecule has 3 nitrogen and oxygen atoms in total. The SMILES string of the molecule is CCCC(N)c1ncc(-c2sccc2C)[nH]1. The predicted octanol–water partition coefficient (Wildman–Crippen LogP) is 3.25. The number of thiophene rings is 1. The van der Waals surface area contributed by atoms with E-state index in [0.29, 0.717) is 0 Å². The molecule has 0 fully saturated rings. The zero-order valence-electron chi connectivity index (χ0n) is 9.66. The molecule has 4 heteroatoms. The summed E-state index contributed by atoms with van der Waals surface area (Å²) >= 11 is 1.73. The van der Waals surface area contributed by atoms with Gasteiger partial charge in [-0.1, -0.05) is 13.3 Å². The van der Waals surface area contributed by atoms with E-state index in [1.807, 2.05) is 6.20 Å². The van der Waals surface area contributed by atoms with Crippen LogP contribution in [0.3, 0.4) is 0 Å². The highest BCUT2D eigenvalue weighted by Gasteiger charge is 2.11. The summed E-state index contributed by atoms with van der Waals surface area (Å²) in [5, 5.41) is 2.09. The first-order valence-corrected chi connectivity index (χ1v) is 6.45. The van der Waals surface area contributed by atoms with Gasteiger partial charge >= 0.3 is 0 Å². The molecule has 2 aromatic rings. The van der Waals surface area contributed by atoms with Crippen LogP contribution in [0.2, 0.25) is 0 Å². The smallest absolute Gasteiger partial charge is 0.123 e. The van der Waals surface area contributed by atoms with Crippen molar-refractivity contribution in [2.45, 2.75) is 32.7 Å². The van der Waals surface area contributed by atoms with Gasteiger partial charge in [0, 0.05) is 0 Å². The summed E-state index contributed by atoms with van der Waals surface area (Å²) in [5.41, 5.74) is 8.38. The molecule has 2 aromatic heterocycles. The lowest BCUT2D eigenvalue weighted by Gasteiger charge is -2.05. The fourth-order valence-electron chi connectivity index (χ4n) is 1.74. The Morgan fingerprint density at radius 3 is 3.00 bits per heavy atom. The van der Waals surface area contributed by atoms with E-state index in [0.717, 1.165) is 24.4 Å². The zero-order chi connectivity index (χ0) is 11.5. The fraction of sp³-hybridized carbons (Fsp3) is 0.417.